The molecule has 0 unspecified atom stereocenters. The van der Waals surface area contributed by atoms with Gasteiger partial charge in [-0.3, -0.25) is 24.8 Å². The Morgan fingerprint density at radius 1 is 1.20 bits per heavy atom. The van der Waals surface area contributed by atoms with Crippen molar-refractivity contribution in [1.82, 2.24) is 15.2 Å². The summed E-state index contributed by atoms with van der Waals surface area (Å²) in [5.41, 5.74) is 2.57. The number of rotatable bonds is 4. The van der Waals surface area contributed by atoms with Gasteiger partial charge in [0.15, 0.2) is 5.11 Å². The Bertz CT molecular complexity index is 891. The predicted molar refractivity (Wildman–Crippen MR) is 100 cm³/mol. The van der Waals surface area contributed by atoms with E-state index in [-0.39, 0.29) is 17.2 Å². The molecule has 1 aliphatic rings. The van der Waals surface area contributed by atoms with Gasteiger partial charge >= 0.3 is 0 Å². The number of pyridine rings is 1. The van der Waals surface area contributed by atoms with E-state index in [0.29, 0.717) is 0 Å². The first-order valence-electron chi connectivity index (χ1n) is 7.61. The van der Waals surface area contributed by atoms with Gasteiger partial charge < -0.3 is 0 Å². The highest BCUT2D eigenvalue weighted by atomic mass is 32.1. The largest absolute Gasteiger partial charge is 0.298 e. The molecule has 2 heterocycles. The molecule has 1 aromatic heterocycles. The van der Waals surface area contributed by atoms with Crippen molar-refractivity contribution >= 4 is 35.2 Å². The lowest BCUT2D eigenvalue weighted by molar-refractivity contribution is -0.128. The second-order valence-corrected chi connectivity index (χ2v) is 5.74. The summed E-state index contributed by atoms with van der Waals surface area (Å²) in [6.45, 7) is 3.85. The summed E-state index contributed by atoms with van der Waals surface area (Å²) >= 11 is 5.06. The van der Waals surface area contributed by atoms with Gasteiger partial charge in [0.25, 0.3) is 11.8 Å². The molecule has 25 heavy (non-hydrogen) atoms. The van der Waals surface area contributed by atoms with Crippen LogP contribution in [0.2, 0.25) is 0 Å². The van der Waals surface area contributed by atoms with Crippen molar-refractivity contribution in [2.24, 2.45) is 0 Å². The van der Waals surface area contributed by atoms with Crippen molar-refractivity contribution in [2.75, 3.05) is 6.54 Å². The number of hydrogen-bond acceptors (Lipinski definition) is 4. The van der Waals surface area contributed by atoms with Gasteiger partial charge in [0, 0.05) is 24.5 Å². The molecule has 2 amide bonds. The Morgan fingerprint density at radius 3 is 2.72 bits per heavy atom. The minimum absolute atomic E-state index is 0.0341. The molecule has 1 fully saturated rings. The molecule has 0 atom stereocenters. The fourth-order valence-corrected chi connectivity index (χ4v) is 2.80. The molecule has 1 aliphatic heterocycles. The first-order valence-corrected chi connectivity index (χ1v) is 8.02. The van der Waals surface area contributed by atoms with Crippen LogP contribution in [0.25, 0.3) is 17.2 Å². The van der Waals surface area contributed by atoms with Crippen LogP contribution >= 0.6 is 12.2 Å². The number of amides is 2. The Balaban J connectivity index is 2.06. The summed E-state index contributed by atoms with van der Waals surface area (Å²) in [6.07, 6.45) is 6.57. The number of nitrogens with one attached hydrogen (secondary N) is 1. The van der Waals surface area contributed by atoms with E-state index in [9.17, 15) is 9.59 Å². The van der Waals surface area contributed by atoms with Gasteiger partial charge in [0.1, 0.15) is 5.57 Å². The summed E-state index contributed by atoms with van der Waals surface area (Å²) < 4.78 is 0. The number of aromatic nitrogens is 1. The molecule has 0 radical (unpaired) electrons. The molecule has 0 spiro atoms. The number of benzene rings is 1. The standard InChI is InChI=1S/C19H15N3O2S/c1-2-10-22-18(24)16(17(23)21-19(22)25)11-13-6-3-4-8-15(13)14-7-5-9-20-12-14/h2-9,11-12H,1,10H2,(H,21,23,25)/b16-11+. The fraction of sp³-hybridized carbons (Fsp3) is 0.0526. The van der Waals surface area contributed by atoms with E-state index in [4.69, 9.17) is 12.2 Å². The summed E-state index contributed by atoms with van der Waals surface area (Å²) in [4.78, 5) is 30.3. The molecule has 5 nitrogen and oxygen atoms in total. The van der Waals surface area contributed by atoms with Crippen molar-refractivity contribution in [3.8, 4) is 11.1 Å². The zero-order chi connectivity index (χ0) is 17.8. The lowest BCUT2D eigenvalue weighted by atomic mass is 9.98. The van der Waals surface area contributed by atoms with Crippen LogP contribution < -0.4 is 5.32 Å². The number of hydrogen-bond donors (Lipinski definition) is 1. The maximum Gasteiger partial charge on any atom is 0.265 e. The van der Waals surface area contributed by atoms with E-state index in [1.54, 1.807) is 24.5 Å². The van der Waals surface area contributed by atoms with E-state index >= 15 is 0 Å². The summed E-state index contributed by atoms with van der Waals surface area (Å²) in [5.74, 6) is -0.939. The lowest BCUT2D eigenvalue weighted by Crippen LogP contribution is -2.53. The minimum atomic E-state index is -0.503. The molecule has 1 saturated heterocycles. The molecule has 0 bridgehead atoms. The second kappa shape index (κ2) is 7.19. The number of nitrogens with zero attached hydrogens (tertiary/aromatic N) is 2. The van der Waals surface area contributed by atoms with Gasteiger partial charge in [0.05, 0.1) is 0 Å². The molecule has 124 valence electrons. The molecule has 0 aliphatic carbocycles. The fourth-order valence-electron chi connectivity index (χ4n) is 2.55. The predicted octanol–water partition coefficient (Wildman–Crippen LogP) is 2.56. The summed E-state index contributed by atoms with van der Waals surface area (Å²) in [5, 5.41) is 2.63. The van der Waals surface area contributed by atoms with Crippen LogP contribution in [0.4, 0.5) is 0 Å². The molecule has 3 rings (SSSR count). The smallest absolute Gasteiger partial charge is 0.265 e. The molecule has 1 N–H and O–H groups in total. The molecule has 6 heteroatoms. The minimum Gasteiger partial charge on any atom is -0.298 e. The van der Waals surface area contributed by atoms with Gasteiger partial charge in [-0.15, -0.1) is 6.58 Å². The normalized spacial score (nSPS) is 16.1. The van der Waals surface area contributed by atoms with Crippen molar-refractivity contribution in [3.05, 3.63) is 72.6 Å². The van der Waals surface area contributed by atoms with Crippen molar-refractivity contribution in [1.29, 1.82) is 0 Å². The van der Waals surface area contributed by atoms with Crippen molar-refractivity contribution < 1.29 is 9.59 Å². The van der Waals surface area contributed by atoms with Crippen LogP contribution in [-0.2, 0) is 9.59 Å². The summed E-state index contributed by atoms with van der Waals surface area (Å²) in [7, 11) is 0. The first kappa shape index (κ1) is 16.7. The maximum absolute atomic E-state index is 12.6. The zero-order valence-corrected chi connectivity index (χ0v) is 14.1. The van der Waals surface area contributed by atoms with E-state index in [0.717, 1.165) is 16.7 Å². The monoisotopic (exact) mass is 349 g/mol. The highest BCUT2D eigenvalue weighted by molar-refractivity contribution is 7.80. The van der Waals surface area contributed by atoms with Crippen LogP contribution in [0, 0.1) is 0 Å². The molecule has 1 aromatic carbocycles. The third-order valence-corrected chi connectivity index (χ3v) is 4.05. The highest BCUT2D eigenvalue weighted by Crippen LogP contribution is 2.25. The SMILES string of the molecule is C=CCN1C(=O)/C(=C/c2ccccc2-c2cccnc2)C(=O)NC1=S. The number of thiocarbonyl (C=S) groups is 1. The third kappa shape index (κ3) is 3.39. The molecular formula is C19H15N3O2S. The number of carbonyl (C=O) groups excluding carboxylic acids is 2. The topological polar surface area (TPSA) is 62.3 Å². The van der Waals surface area contributed by atoms with Crippen LogP contribution in [0.15, 0.2) is 67.0 Å². The average Bonchev–Trinajstić information content (AvgIpc) is 2.63. The Hall–Kier alpha value is -3.12. The van der Waals surface area contributed by atoms with Gasteiger partial charge in [0.2, 0.25) is 0 Å². The third-order valence-electron chi connectivity index (χ3n) is 3.73. The van der Waals surface area contributed by atoms with Crippen molar-refractivity contribution in [3.63, 3.8) is 0 Å². The quantitative estimate of drug-likeness (QED) is 0.399. The van der Waals surface area contributed by atoms with Crippen LogP contribution in [0.1, 0.15) is 5.56 Å². The van der Waals surface area contributed by atoms with Gasteiger partial charge in [-0.1, -0.05) is 36.4 Å². The van der Waals surface area contributed by atoms with E-state index in [2.05, 4.69) is 16.9 Å². The zero-order valence-electron chi connectivity index (χ0n) is 13.3. The average molecular weight is 349 g/mol. The highest BCUT2D eigenvalue weighted by Gasteiger charge is 2.32. The van der Waals surface area contributed by atoms with Gasteiger partial charge in [-0.25, -0.2) is 0 Å². The van der Waals surface area contributed by atoms with Crippen LogP contribution in [0.5, 0.6) is 0 Å². The van der Waals surface area contributed by atoms with E-state index < -0.39 is 11.8 Å². The number of carbonyl (C=O) groups is 2. The van der Waals surface area contributed by atoms with E-state index in [1.165, 1.54) is 4.90 Å². The Labute approximate surface area is 150 Å². The van der Waals surface area contributed by atoms with Gasteiger partial charge in [-0.05, 0) is 35.5 Å². The molecular weight excluding hydrogens is 334 g/mol. The molecule has 0 saturated carbocycles. The van der Waals surface area contributed by atoms with Gasteiger partial charge in [-0.2, -0.15) is 0 Å². The Morgan fingerprint density at radius 2 is 2.00 bits per heavy atom. The lowest BCUT2D eigenvalue weighted by Gasteiger charge is -2.27. The molecule has 2 aromatic rings. The maximum atomic E-state index is 12.6. The second-order valence-electron chi connectivity index (χ2n) is 5.35. The van der Waals surface area contributed by atoms with Crippen LogP contribution in [0.3, 0.4) is 0 Å². The first-order chi connectivity index (χ1) is 12.1. The van der Waals surface area contributed by atoms with Crippen molar-refractivity contribution in [2.45, 2.75) is 0 Å². The van der Waals surface area contributed by atoms with E-state index in [1.807, 2.05) is 36.4 Å². The van der Waals surface area contributed by atoms with Crippen LogP contribution in [-0.4, -0.2) is 33.4 Å². The Kier molecular flexibility index (Phi) is 4.81. The summed E-state index contributed by atoms with van der Waals surface area (Å²) in [6, 6.07) is 11.3.